The van der Waals surface area contributed by atoms with E-state index < -0.39 is 0 Å². The molecule has 0 bridgehead atoms. The normalized spacial score (nSPS) is 15.8. The zero-order valence-electron chi connectivity index (χ0n) is 12.6. The number of nitrogens with one attached hydrogen (secondary N) is 1. The number of nitrogens with zero attached hydrogens (tertiary/aromatic N) is 1. The van der Waals surface area contributed by atoms with Gasteiger partial charge in [-0.1, -0.05) is 18.2 Å². The Hall–Kier alpha value is -1.55. The monoisotopic (exact) mass is 276 g/mol. The number of benzene rings is 1. The molecule has 1 aromatic rings. The van der Waals surface area contributed by atoms with E-state index in [0.29, 0.717) is 6.04 Å². The van der Waals surface area contributed by atoms with Gasteiger partial charge < -0.3 is 15.0 Å². The van der Waals surface area contributed by atoms with Gasteiger partial charge in [0, 0.05) is 24.2 Å². The Bertz CT molecular complexity index is 458. The number of likely N-dealkylation sites (N-methyl/N-ethyl adjacent to an activating group) is 1. The fraction of sp³-hybridized carbons (Fsp3) is 0.562. The summed E-state index contributed by atoms with van der Waals surface area (Å²) in [5.41, 5.74) is 1.08. The maximum Gasteiger partial charge on any atom is 0.260 e. The van der Waals surface area contributed by atoms with Crippen LogP contribution in [0.25, 0.3) is 0 Å². The maximum atomic E-state index is 12.2. The van der Waals surface area contributed by atoms with Gasteiger partial charge in [-0.3, -0.25) is 4.79 Å². The van der Waals surface area contributed by atoms with Crippen molar-refractivity contribution in [3.8, 4) is 5.75 Å². The molecule has 1 unspecified atom stereocenters. The van der Waals surface area contributed by atoms with Crippen LogP contribution in [0.3, 0.4) is 0 Å². The molecular weight excluding hydrogens is 252 g/mol. The van der Waals surface area contributed by atoms with Gasteiger partial charge in [0.25, 0.3) is 5.91 Å². The SMILES string of the molecule is CCN(C(=O)COc1ccccc1C(C)NC)C1CC1. The minimum absolute atomic E-state index is 0.0851. The third-order valence-corrected chi connectivity index (χ3v) is 3.82. The zero-order chi connectivity index (χ0) is 14.5. The van der Waals surface area contributed by atoms with Gasteiger partial charge in [0.2, 0.25) is 0 Å². The van der Waals surface area contributed by atoms with Gasteiger partial charge in [0.15, 0.2) is 6.61 Å². The molecule has 1 fully saturated rings. The van der Waals surface area contributed by atoms with Crippen LogP contribution in [0.15, 0.2) is 24.3 Å². The predicted molar refractivity (Wildman–Crippen MR) is 79.8 cm³/mol. The molecule has 1 aliphatic carbocycles. The van der Waals surface area contributed by atoms with Crippen molar-refractivity contribution in [2.24, 2.45) is 0 Å². The second-order valence-corrected chi connectivity index (χ2v) is 5.25. The number of rotatable bonds is 7. The molecule has 2 rings (SSSR count). The van der Waals surface area contributed by atoms with E-state index in [4.69, 9.17) is 4.74 Å². The maximum absolute atomic E-state index is 12.2. The molecule has 0 aliphatic heterocycles. The summed E-state index contributed by atoms with van der Waals surface area (Å²) in [6.07, 6.45) is 2.26. The molecule has 110 valence electrons. The number of para-hydroxylation sites is 1. The lowest BCUT2D eigenvalue weighted by molar-refractivity contribution is -0.133. The second-order valence-electron chi connectivity index (χ2n) is 5.25. The van der Waals surface area contributed by atoms with E-state index in [9.17, 15) is 4.79 Å². The largest absolute Gasteiger partial charge is 0.483 e. The Morgan fingerprint density at radius 1 is 1.45 bits per heavy atom. The van der Waals surface area contributed by atoms with Gasteiger partial charge in [-0.25, -0.2) is 0 Å². The molecule has 0 heterocycles. The zero-order valence-corrected chi connectivity index (χ0v) is 12.6. The van der Waals surface area contributed by atoms with Gasteiger partial charge in [-0.15, -0.1) is 0 Å². The van der Waals surface area contributed by atoms with Gasteiger partial charge >= 0.3 is 0 Å². The van der Waals surface area contributed by atoms with Crippen LogP contribution in [0, 0.1) is 0 Å². The van der Waals surface area contributed by atoms with Gasteiger partial charge in [-0.2, -0.15) is 0 Å². The average molecular weight is 276 g/mol. The minimum Gasteiger partial charge on any atom is -0.483 e. The average Bonchev–Trinajstić information content (AvgIpc) is 3.30. The number of amides is 1. The van der Waals surface area contributed by atoms with E-state index >= 15 is 0 Å². The highest BCUT2D eigenvalue weighted by atomic mass is 16.5. The first kappa shape index (κ1) is 14.9. The van der Waals surface area contributed by atoms with Crippen molar-refractivity contribution in [3.05, 3.63) is 29.8 Å². The van der Waals surface area contributed by atoms with Crippen molar-refractivity contribution in [2.45, 2.75) is 38.8 Å². The Labute approximate surface area is 121 Å². The highest BCUT2D eigenvalue weighted by Crippen LogP contribution is 2.27. The minimum atomic E-state index is 0.0851. The summed E-state index contributed by atoms with van der Waals surface area (Å²) in [5, 5.41) is 3.20. The number of ether oxygens (including phenoxy) is 1. The standard InChI is InChI=1S/C16H24N2O2/c1-4-18(13-9-10-13)16(19)11-20-15-8-6-5-7-14(15)12(2)17-3/h5-8,12-13,17H,4,9-11H2,1-3H3. The number of carbonyl (C=O) groups excluding carboxylic acids is 1. The smallest absolute Gasteiger partial charge is 0.260 e. The first-order valence-electron chi connectivity index (χ1n) is 7.35. The van der Waals surface area contributed by atoms with Crippen molar-refractivity contribution in [3.63, 3.8) is 0 Å². The van der Waals surface area contributed by atoms with Crippen molar-refractivity contribution < 1.29 is 9.53 Å². The summed E-state index contributed by atoms with van der Waals surface area (Å²) in [5.74, 6) is 0.872. The van der Waals surface area contributed by atoms with E-state index in [0.717, 1.165) is 30.7 Å². The Morgan fingerprint density at radius 3 is 2.75 bits per heavy atom. The molecule has 0 spiro atoms. The lowest BCUT2D eigenvalue weighted by atomic mass is 10.1. The molecular formula is C16H24N2O2. The third kappa shape index (κ3) is 3.51. The molecule has 4 heteroatoms. The van der Waals surface area contributed by atoms with Crippen molar-refractivity contribution in [1.82, 2.24) is 10.2 Å². The molecule has 1 aliphatic rings. The van der Waals surface area contributed by atoms with Gasteiger partial charge in [0.1, 0.15) is 5.75 Å². The van der Waals surface area contributed by atoms with Crippen molar-refractivity contribution in [2.75, 3.05) is 20.2 Å². The van der Waals surface area contributed by atoms with Crippen LogP contribution >= 0.6 is 0 Å². The lowest BCUT2D eigenvalue weighted by Crippen LogP contribution is -2.36. The van der Waals surface area contributed by atoms with E-state index in [1.165, 1.54) is 0 Å². The fourth-order valence-corrected chi connectivity index (χ4v) is 2.37. The van der Waals surface area contributed by atoms with Gasteiger partial charge in [-0.05, 0) is 39.8 Å². The topological polar surface area (TPSA) is 41.6 Å². The molecule has 1 atom stereocenters. The second kappa shape index (κ2) is 6.75. The number of hydrogen-bond acceptors (Lipinski definition) is 3. The first-order valence-corrected chi connectivity index (χ1v) is 7.35. The molecule has 0 saturated heterocycles. The third-order valence-electron chi connectivity index (χ3n) is 3.82. The molecule has 4 nitrogen and oxygen atoms in total. The summed E-state index contributed by atoms with van der Waals surface area (Å²) in [7, 11) is 1.92. The predicted octanol–water partition coefficient (Wildman–Crippen LogP) is 2.36. The van der Waals surface area contributed by atoms with Crippen LogP contribution in [0.2, 0.25) is 0 Å². The van der Waals surface area contributed by atoms with Crippen LogP contribution in [0.5, 0.6) is 5.75 Å². The Balaban J connectivity index is 1.98. The van der Waals surface area contributed by atoms with E-state index in [-0.39, 0.29) is 18.6 Å². The molecule has 1 N–H and O–H groups in total. The van der Waals surface area contributed by atoms with Crippen LogP contribution in [0.1, 0.15) is 38.3 Å². The highest BCUT2D eigenvalue weighted by Gasteiger charge is 2.31. The number of carbonyl (C=O) groups is 1. The highest BCUT2D eigenvalue weighted by molar-refractivity contribution is 5.78. The number of hydrogen-bond donors (Lipinski definition) is 1. The van der Waals surface area contributed by atoms with Crippen LogP contribution in [0.4, 0.5) is 0 Å². The molecule has 0 radical (unpaired) electrons. The fourth-order valence-electron chi connectivity index (χ4n) is 2.37. The van der Waals surface area contributed by atoms with E-state index in [1.54, 1.807) is 0 Å². The first-order chi connectivity index (χ1) is 9.67. The molecule has 1 amide bonds. The summed E-state index contributed by atoms with van der Waals surface area (Å²) in [4.78, 5) is 14.1. The summed E-state index contributed by atoms with van der Waals surface area (Å²) < 4.78 is 5.75. The molecule has 20 heavy (non-hydrogen) atoms. The lowest BCUT2D eigenvalue weighted by Gasteiger charge is -2.21. The molecule has 1 saturated carbocycles. The van der Waals surface area contributed by atoms with Crippen LogP contribution in [-0.2, 0) is 4.79 Å². The van der Waals surface area contributed by atoms with Crippen LogP contribution < -0.4 is 10.1 Å². The quantitative estimate of drug-likeness (QED) is 0.831. The van der Waals surface area contributed by atoms with E-state index in [2.05, 4.69) is 12.2 Å². The van der Waals surface area contributed by atoms with E-state index in [1.807, 2.05) is 43.1 Å². The van der Waals surface area contributed by atoms with Crippen LogP contribution in [-0.4, -0.2) is 37.0 Å². The van der Waals surface area contributed by atoms with Crippen molar-refractivity contribution in [1.29, 1.82) is 0 Å². The van der Waals surface area contributed by atoms with Gasteiger partial charge in [0.05, 0.1) is 0 Å². The van der Waals surface area contributed by atoms with Crippen molar-refractivity contribution >= 4 is 5.91 Å². The molecule has 0 aromatic heterocycles. The summed E-state index contributed by atoms with van der Waals surface area (Å²) >= 11 is 0. The Morgan fingerprint density at radius 2 is 2.15 bits per heavy atom. The Kier molecular flexibility index (Phi) is 5.01. The molecule has 1 aromatic carbocycles. The summed E-state index contributed by atoms with van der Waals surface area (Å²) in [6, 6.07) is 8.52. The summed E-state index contributed by atoms with van der Waals surface area (Å²) in [6.45, 7) is 4.99.